The van der Waals surface area contributed by atoms with Gasteiger partial charge in [-0.2, -0.15) is 4.98 Å². The summed E-state index contributed by atoms with van der Waals surface area (Å²) in [6, 6.07) is 7.60. The normalized spacial score (nSPS) is 20.4. The highest BCUT2D eigenvalue weighted by molar-refractivity contribution is 6.04. The van der Waals surface area contributed by atoms with Gasteiger partial charge in [-0.05, 0) is 56.2 Å². The summed E-state index contributed by atoms with van der Waals surface area (Å²) in [6.45, 7) is 5.91. The van der Waals surface area contributed by atoms with Crippen LogP contribution in [0, 0.1) is 5.92 Å². The Morgan fingerprint density at radius 2 is 1.77 bits per heavy atom. The highest BCUT2D eigenvalue weighted by atomic mass is 16.2. The number of hydrogen-bond acceptors (Lipinski definition) is 7. The topological polar surface area (TPSA) is 104 Å². The predicted octanol–water partition coefficient (Wildman–Crippen LogP) is 6.24. The van der Waals surface area contributed by atoms with Crippen molar-refractivity contribution in [3.63, 3.8) is 0 Å². The Balaban J connectivity index is 0.000000546. The molecule has 0 spiro atoms. The van der Waals surface area contributed by atoms with E-state index in [9.17, 15) is 9.59 Å². The highest BCUT2D eigenvalue weighted by Gasteiger charge is 2.41. The molecule has 0 radical (unpaired) electrons. The van der Waals surface area contributed by atoms with E-state index in [1.165, 1.54) is 45.4 Å². The number of hydrogen-bond donors (Lipinski definition) is 2. The zero-order valence-corrected chi connectivity index (χ0v) is 24.6. The molecule has 40 heavy (non-hydrogen) atoms. The number of benzene rings is 1. The zero-order chi connectivity index (χ0) is 28.6. The van der Waals surface area contributed by atoms with Crippen molar-refractivity contribution in [2.75, 3.05) is 22.2 Å². The van der Waals surface area contributed by atoms with Gasteiger partial charge in [-0.3, -0.25) is 9.59 Å². The zero-order valence-electron chi connectivity index (χ0n) is 24.6. The maximum atomic E-state index is 13.0. The van der Waals surface area contributed by atoms with E-state index in [4.69, 9.17) is 10.7 Å². The number of nitrogens with zero attached hydrogens (tertiary/aromatic N) is 4. The Hall–Kier alpha value is -3.26. The molecular formula is C32H46N6O2. The number of anilines is 4. The Morgan fingerprint density at radius 1 is 1.12 bits per heavy atom. The van der Waals surface area contributed by atoms with Crippen molar-refractivity contribution in [3.8, 4) is 0 Å². The fraction of sp³-hybridized carbons (Fsp3) is 0.562. The number of rotatable bonds is 8. The van der Waals surface area contributed by atoms with Gasteiger partial charge in [-0.15, -0.1) is 0 Å². The molecule has 1 amide bonds. The summed E-state index contributed by atoms with van der Waals surface area (Å²) >= 11 is 0. The molecule has 3 aliphatic rings. The molecule has 1 aromatic heterocycles. The molecule has 8 nitrogen and oxygen atoms in total. The Bertz CT molecular complexity index is 1170. The number of nitrogens with two attached hydrogens (primary N) is 1. The quantitative estimate of drug-likeness (QED) is 0.404. The van der Waals surface area contributed by atoms with Gasteiger partial charge in [0.05, 0.1) is 12.2 Å². The fourth-order valence-electron chi connectivity index (χ4n) is 5.90. The van der Waals surface area contributed by atoms with Gasteiger partial charge < -0.3 is 20.9 Å². The van der Waals surface area contributed by atoms with Crippen LogP contribution in [0.25, 0.3) is 6.08 Å². The van der Waals surface area contributed by atoms with E-state index in [0.717, 1.165) is 47.9 Å². The monoisotopic (exact) mass is 546 g/mol. The SMILES string of the molecule is CC1CCCC1.CCC1C(=O)N(C)c2cnc(Nc3ccc(/C=C/CC(N)C(C)=O)cc3)nc2N1C1CCCC1. The molecule has 216 valence electrons. The van der Waals surface area contributed by atoms with Crippen LogP contribution in [0.5, 0.6) is 0 Å². The van der Waals surface area contributed by atoms with Gasteiger partial charge in [0.25, 0.3) is 0 Å². The number of carbonyl (C=O) groups is 2. The lowest BCUT2D eigenvalue weighted by atomic mass is 10.0. The maximum absolute atomic E-state index is 13.0. The second-order valence-corrected chi connectivity index (χ2v) is 11.6. The number of carbonyl (C=O) groups excluding carboxylic acids is 2. The minimum atomic E-state index is -0.455. The minimum absolute atomic E-state index is 0.0124. The van der Waals surface area contributed by atoms with E-state index in [0.29, 0.717) is 18.4 Å². The van der Waals surface area contributed by atoms with Gasteiger partial charge in [-0.25, -0.2) is 4.98 Å². The van der Waals surface area contributed by atoms with E-state index in [-0.39, 0.29) is 17.7 Å². The molecular weight excluding hydrogens is 500 g/mol. The van der Waals surface area contributed by atoms with Crippen LogP contribution in [0.4, 0.5) is 23.1 Å². The average molecular weight is 547 g/mol. The first kappa shape index (κ1) is 29.7. The van der Waals surface area contributed by atoms with E-state index < -0.39 is 6.04 Å². The summed E-state index contributed by atoms with van der Waals surface area (Å²) < 4.78 is 0. The van der Waals surface area contributed by atoms with Gasteiger partial charge in [0.2, 0.25) is 11.9 Å². The van der Waals surface area contributed by atoms with Gasteiger partial charge in [0, 0.05) is 18.8 Å². The molecule has 5 rings (SSSR count). The molecule has 2 unspecified atom stereocenters. The predicted molar refractivity (Wildman–Crippen MR) is 164 cm³/mol. The summed E-state index contributed by atoms with van der Waals surface area (Å²) in [5, 5.41) is 3.30. The molecule has 0 saturated heterocycles. The van der Waals surface area contributed by atoms with Crippen molar-refractivity contribution in [2.24, 2.45) is 11.7 Å². The molecule has 0 bridgehead atoms. The lowest BCUT2D eigenvalue weighted by molar-refractivity contribution is -0.120. The molecule has 2 aliphatic carbocycles. The summed E-state index contributed by atoms with van der Waals surface area (Å²) in [4.78, 5) is 37.6. The highest BCUT2D eigenvalue weighted by Crippen LogP contribution is 2.40. The van der Waals surface area contributed by atoms with Crippen LogP contribution in [-0.2, 0) is 9.59 Å². The average Bonchev–Trinajstić information content (AvgIpc) is 3.66. The lowest BCUT2D eigenvalue weighted by Gasteiger charge is -2.43. The Labute approximate surface area is 239 Å². The number of likely N-dealkylation sites (N-methyl/N-ethyl adjacent to an activating group) is 1. The van der Waals surface area contributed by atoms with Gasteiger partial charge in [0.1, 0.15) is 17.5 Å². The third-order valence-electron chi connectivity index (χ3n) is 8.45. The van der Waals surface area contributed by atoms with E-state index in [2.05, 4.69) is 29.0 Å². The molecule has 2 atom stereocenters. The molecule has 2 saturated carbocycles. The first-order valence-electron chi connectivity index (χ1n) is 15.0. The van der Waals surface area contributed by atoms with Crippen LogP contribution < -0.4 is 20.9 Å². The summed E-state index contributed by atoms with van der Waals surface area (Å²) in [7, 11) is 1.81. The number of aromatic nitrogens is 2. The maximum Gasteiger partial charge on any atom is 0.249 e. The van der Waals surface area contributed by atoms with Gasteiger partial charge >= 0.3 is 0 Å². The van der Waals surface area contributed by atoms with Crippen LogP contribution in [0.3, 0.4) is 0 Å². The summed E-state index contributed by atoms with van der Waals surface area (Å²) in [5.74, 6) is 2.49. The Kier molecular flexibility index (Phi) is 10.3. The standard InChI is InChI=1S/C26H34N6O2.C6H12/c1-4-22-25(34)31(3)23-16-28-26(30-24(23)32(22)20-9-5-6-10-20)29-19-14-12-18(13-15-19)8-7-11-21(27)17(2)33;1-6-4-2-3-5-6/h7-8,12-16,20-22H,4-6,9-11,27H2,1-3H3,(H,28,29,30);6H,2-5H2,1H3/b8-7+;. The molecule has 1 aromatic carbocycles. The minimum Gasteiger partial charge on any atom is -0.340 e. The third kappa shape index (κ3) is 7.27. The van der Waals surface area contributed by atoms with Crippen molar-refractivity contribution in [2.45, 2.75) is 103 Å². The number of ketones is 1. The Morgan fingerprint density at radius 3 is 2.35 bits per heavy atom. The van der Waals surface area contributed by atoms with Gasteiger partial charge in [-0.1, -0.05) is 76.7 Å². The van der Waals surface area contributed by atoms with Crippen molar-refractivity contribution in [1.82, 2.24) is 9.97 Å². The third-order valence-corrected chi connectivity index (χ3v) is 8.45. The number of Topliss-reactive ketones (excluding diaryl/α,β-unsaturated/α-hetero) is 1. The lowest BCUT2D eigenvalue weighted by Crippen LogP contribution is -2.55. The number of amides is 1. The molecule has 8 heteroatoms. The molecule has 2 heterocycles. The van der Waals surface area contributed by atoms with Crippen LogP contribution in [0.2, 0.25) is 0 Å². The number of fused-ring (bicyclic) bond motifs is 1. The first-order chi connectivity index (χ1) is 19.3. The summed E-state index contributed by atoms with van der Waals surface area (Å²) in [5.41, 5.74) is 8.42. The first-order valence-corrected chi connectivity index (χ1v) is 15.0. The van der Waals surface area contributed by atoms with E-state index in [1.54, 1.807) is 11.1 Å². The van der Waals surface area contributed by atoms with Crippen molar-refractivity contribution in [1.29, 1.82) is 0 Å². The van der Waals surface area contributed by atoms with Crippen molar-refractivity contribution >= 4 is 40.9 Å². The van der Waals surface area contributed by atoms with E-state index >= 15 is 0 Å². The van der Waals surface area contributed by atoms with Crippen LogP contribution in [-0.4, -0.2) is 46.8 Å². The molecule has 2 fully saturated rings. The van der Waals surface area contributed by atoms with Crippen molar-refractivity contribution in [3.05, 3.63) is 42.1 Å². The van der Waals surface area contributed by atoms with Crippen LogP contribution in [0.15, 0.2) is 36.5 Å². The second kappa shape index (κ2) is 13.9. The van der Waals surface area contributed by atoms with E-state index in [1.807, 2.05) is 43.5 Å². The number of nitrogens with one attached hydrogen (secondary N) is 1. The molecule has 2 aromatic rings. The van der Waals surface area contributed by atoms with Crippen molar-refractivity contribution < 1.29 is 9.59 Å². The molecule has 3 N–H and O–H groups in total. The largest absolute Gasteiger partial charge is 0.340 e. The summed E-state index contributed by atoms with van der Waals surface area (Å²) in [6.07, 6.45) is 17.4. The van der Waals surface area contributed by atoms with Crippen LogP contribution in [0.1, 0.15) is 90.5 Å². The molecule has 1 aliphatic heterocycles. The fourth-order valence-corrected chi connectivity index (χ4v) is 5.90. The van der Waals surface area contributed by atoms with Gasteiger partial charge in [0.15, 0.2) is 5.82 Å². The second-order valence-electron chi connectivity index (χ2n) is 11.6. The smallest absolute Gasteiger partial charge is 0.249 e. The van der Waals surface area contributed by atoms with Crippen LogP contribution >= 0.6 is 0 Å².